The topological polar surface area (TPSA) is 40.5 Å². The van der Waals surface area contributed by atoms with Gasteiger partial charge in [-0.1, -0.05) is 47.5 Å². The Hall–Kier alpha value is -2.49. The van der Waals surface area contributed by atoms with Crippen molar-refractivity contribution in [3.63, 3.8) is 0 Å². The fourth-order valence-corrected chi connectivity index (χ4v) is 3.87. The predicted molar refractivity (Wildman–Crippen MR) is 106 cm³/mol. The van der Waals surface area contributed by atoms with E-state index in [-0.39, 0.29) is 5.56 Å². The van der Waals surface area contributed by atoms with E-state index in [4.69, 9.17) is 23.2 Å². The molecule has 1 aliphatic rings. The molecule has 1 N–H and O–H groups in total. The summed E-state index contributed by atoms with van der Waals surface area (Å²) in [4.78, 5) is 13.4. The molecule has 0 radical (unpaired) electrons. The number of fused-ring (bicyclic) bond motifs is 1. The summed E-state index contributed by atoms with van der Waals surface area (Å²) < 4.78 is 0. The van der Waals surface area contributed by atoms with Crippen LogP contribution >= 0.6 is 23.2 Å². The first-order chi connectivity index (χ1) is 12.5. The molecule has 0 fully saturated rings. The van der Waals surface area contributed by atoms with E-state index in [1.165, 1.54) is 5.56 Å². The molecule has 3 aromatic rings. The van der Waals surface area contributed by atoms with Crippen LogP contribution in [0.4, 0.5) is 11.4 Å². The van der Waals surface area contributed by atoms with Crippen molar-refractivity contribution in [2.75, 3.05) is 11.4 Å². The zero-order valence-electron chi connectivity index (χ0n) is 13.7. The fraction of sp³-hybridized carbons (Fsp3) is 0.0952. The molecule has 4 rings (SSSR count). The van der Waals surface area contributed by atoms with Gasteiger partial charge in [0.25, 0.3) is 0 Å². The summed E-state index contributed by atoms with van der Waals surface area (Å²) in [6, 6.07) is 18.7. The van der Waals surface area contributed by atoms with Crippen LogP contribution in [0.2, 0.25) is 10.0 Å². The van der Waals surface area contributed by atoms with E-state index >= 15 is 0 Å². The number of carbonyl (C=O) groups is 1. The van der Waals surface area contributed by atoms with Gasteiger partial charge in [-0.05, 0) is 59.5 Å². The molecular weight excluding hydrogens is 369 g/mol. The lowest BCUT2D eigenvalue weighted by molar-refractivity contribution is 0.0697. The molecule has 130 valence electrons. The van der Waals surface area contributed by atoms with E-state index < -0.39 is 5.97 Å². The van der Waals surface area contributed by atoms with Crippen LogP contribution in [0.1, 0.15) is 15.9 Å². The number of hydrogen-bond acceptors (Lipinski definition) is 2. The number of hydrogen-bond donors (Lipinski definition) is 1. The van der Waals surface area contributed by atoms with Crippen molar-refractivity contribution in [2.24, 2.45) is 0 Å². The number of carboxylic acid groups (broad SMARTS) is 1. The normalized spacial score (nSPS) is 12.9. The van der Waals surface area contributed by atoms with Crippen molar-refractivity contribution < 1.29 is 9.90 Å². The number of aromatic carboxylic acids is 1. The summed E-state index contributed by atoms with van der Waals surface area (Å²) in [6.07, 6.45) is 0.939. The van der Waals surface area contributed by atoms with Crippen molar-refractivity contribution in [2.45, 2.75) is 6.42 Å². The van der Waals surface area contributed by atoms with Crippen molar-refractivity contribution in [3.8, 4) is 11.1 Å². The average molecular weight is 384 g/mol. The fourth-order valence-electron chi connectivity index (χ4n) is 3.35. The third-order valence-electron chi connectivity index (χ3n) is 4.58. The summed E-state index contributed by atoms with van der Waals surface area (Å²) in [5.41, 5.74) is 5.44. The molecule has 0 saturated heterocycles. The second-order valence-electron chi connectivity index (χ2n) is 6.26. The van der Waals surface area contributed by atoms with Crippen molar-refractivity contribution >= 4 is 40.5 Å². The van der Waals surface area contributed by atoms with Crippen LogP contribution in [-0.2, 0) is 6.42 Å². The second-order valence-corrected chi connectivity index (χ2v) is 7.13. The van der Waals surface area contributed by atoms with Crippen molar-refractivity contribution in [1.29, 1.82) is 0 Å². The predicted octanol–water partition coefficient (Wildman–Crippen LogP) is 6.05. The van der Waals surface area contributed by atoms with E-state index in [0.717, 1.165) is 35.5 Å². The van der Waals surface area contributed by atoms with Crippen LogP contribution in [0.15, 0.2) is 60.7 Å². The Morgan fingerprint density at radius 3 is 2.38 bits per heavy atom. The van der Waals surface area contributed by atoms with E-state index in [0.29, 0.717) is 10.0 Å². The van der Waals surface area contributed by atoms with Crippen LogP contribution in [0, 0.1) is 0 Å². The standard InChI is InChI=1S/C21H15Cl2NO2/c22-17-10-18(23)12-19(11-17)24-7-6-13-4-5-15(9-20(13)24)14-2-1-3-16(8-14)21(25)26/h1-5,8-12H,6-7H2,(H,25,26). The highest BCUT2D eigenvalue weighted by molar-refractivity contribution is 6.35. The summed E-state index contributed by atoms with van der Waals surface area (Å²) in [5, 5.41) is 10.4. The Morgan fingerprint density at radius 2 is 1.65 bits per heavy atom. The number of halogens is 2. The van der Waals surface area contributed by atoms with Crippen molar-refractivity contribution in [1.82, 2.24) is 0 Å². The Kier molecular flexibility index (Phi) is 4.35. The quantitative estimate of drug-likeness (QED) is 0.597. The SMILES string of the molecule is O=C(O)c1cccc(-c2ccc3c(c2)N(c2cc(Cl)cc(Cl)c2)CC3)c1. The number of benzene rings is 3. The summed E-state index contributed by atoms with van der Waals surface area (Å²) in [7, 11) is 0. The molecule has 1 heterocycles. The van der Waals surface area contributed by atoms with Gasteiger partial charge in [-0.3, -0.25) is 0 Å². The maximum atomic E-state index is 11.2. The van der Waals surface area contributed by atoms with Crippen LogP contribution < -0.4 is 4.90 Å². The van der Waals surface area contributed by atoms with Crippen molar-refractivity contribution in [3.05, 3.63) is 81.8 Å². The Bertz CT molecular complexity index is 996. The zero-order valence-corrected chi connectivity index (χ0v) is 15.3. The second kappa shape index (κ2) is 6.67. The van der Waals surface area contributed by atoms with Crippen LogP contribution in [0.5, 0.6) is 0 Å². The molecule has 1 aliphatic heterocycles. The molecule has 3 nitrogen and oxygen atoms in total. The van der Waals surface area contributed by atoms with Crippen LogP contribution in [0.3, 0.4) is 0 Å². The third-order valence-corrected chi connectivity index (χ3v) is 5.02. The maximum absolute atomic E-state index is 11.2. The first-order valence-electron chi connectivity index (χ1n) is 8.21. The maximum Gasteiger partial charge on any atom is 0.335 e. The highest BCUT2D eigenvalue weighted by Crippen LogP contribution is 2.39. The number of carboxylic acids is 1. The summed E-state index contributed by atoms with van der Waals surface area (Å²) in [6.45, 7) is 0.852. The molecular formula is C21H15Cl2NO2. The average Bonchev–Trinajstić information content (AvgIpc) is 3.04. The van der Waals surface area contributed by atoms with E-state index in [2.05, 4.69) is 17.0 Å². The lowest BCUT2D eigenvalue weighted by atomic mass is 10.0. The van der Waals surface area contributed by atoms with Gasteiger partial charge in [-0.15, -0.1) is 0 Å². The largest absolute Gasteiger partial charge is 0.478 e. The monoisotopic (exact) mass is 383 g/mol. The van der Waals surface area contributed by atoms with E-state index in [9.17, 15) is 9.90 Å². The van der Waals surface area contributed by atoms with Gasteiger partial charge in [0.1, 0.15) is 0 Å². The Balaban J connectivity index is 1.77. The summed E-state index contributed by atoms with van der Waals surface area (Å²) in [5.74, 6) is -0.928. The molecule has 5 heteroatoms. The summed E-state index contributed by atoms with van der Waals surface area (Å²) >= 11 is 12.3. The molecule has 0 saturated carbocycles. The highest BCUT2D eigenvalue weighted by atomic mass is 35.5. The smallest absolute Gasteiger partial charge is 0.335 e. The molecule has 0 atom stereocenters. The number of rotatable bonds is 3. The Labute approximate surface area is 161 Å². The van der Waals surface area contributed by atoms with Crippen LogP contribution in [-0.4, -0.2) is 17.6 Å². The van der Waals surface area contributed by atoms with Gasteiger partial charge >= 0.3 is 5.97 Å². The zero-order chi connectivity index (χ0) is 18.3. The highest BCUT2D eigenvalue weighted by Gasteiger charge is 2.22. The molecule has 0 amide bonds. The molecule has 0 unspecified atom stereocenters. The molecule has 0 bridgehead atoms. The minimum Gasteiger partial charge on any atom is -0.478 e. The van der Waals surface area contributed by atoms with E-state index in [1.54, 1.807) is 24.3 Å². The first-order valence-corrected chi connectivity index (χ1v) is 8.97. The van der Waals surface area contributed by atoms with Gasteiger partial charge in [0.05, 0.1) is 5.56 Å². The van der Waals surface area contributed by atoms with Gasteiger partial charge < -0.3 is 10.0 Å². The Morgan fingerprint density at radius 1 is 0.923 bits per heavy atom. The minimum absolute atomic E-state index is 0.279. The molecule has 0 spiro atoms. The molecule has 3 aromatic carbocycles. The first kappa shape index (κ1) is 17.0. The van der Waals surface area contributed by atoms with E-state index in [1.807, 2.05) is 24.3 Å². The third kappa shape index (κ3) is 3.16. The van der Waals surface area contributed by atoms with Gasteiger partial charge in [0.15, 0.2) is 0 Å². The minimum atomic E-state index is -0.928. The van der Waals surface area contributed by atoms with Gasteiger partial charge in [0, 0.05) is 28.0 Å². The molecule has 0 aromatic heterocycles. The molecule has 0 aliphatic carbocycles. The van der Waals surface area contributed by atoms with Gasteiger partial charge in [-0.2, -0.15) is 0 Å². The number of anilines is 2. The van der Waals surface area contributed by atoms with Gasteiger partial charge in [-0.25, -0.2) is 4.79 Å². The lowest BCUT2D eigenvalue weighted by Crippen LogP contribution is -2.13. The number of nitrogens with zero attached hydrogens (tertiary/aromatic N) is 1. The van der Waals surface area contributed by atoms with Crippen LogP contribution in [0.25, 0.3) is 11.1 Å². The molecule has 26 heavy (non-hydrogen) atoms. The van der Waals surface area contributed by atoms with Gasteiger partial charge in [0.2, 0.25) is 0 Å². The lowest BCUT2D eigenvalue weighted by Gasteiger charge is -2.21.